The van der Waals surface area contributed by atoms with Crippen molar-refractivity contribution < 1.29 is 14.7 Å². The molecule has 1 fully saturated rings. The summed E-state index contributed by atoms with van der Waals surface area (Å²) in [7, 11) is 0. The SMILES string of the molecule is C[C@H](S)C(=O)N1CCC[C@H]1C(=O)O. The normalized spacial score (nSPS) is 24.5. The highest BCUT2D eigenvalue weighted by Gasteiger charge is 2.34. The van der Waals surface area contributed by atoms with E-state index in [1.165, 1.54) is 4.90 Å². The van der Waals surface area contributed by atoms with Crippen LogP contribution < -0.4 is 0 Å². The lowest BCUT2D eigenvalue weighted by molar-refractivity contribution is -0.147. The molecule has 0 spiro atoms. The van der Waals surface area contributed by atoms with E-state index < -0.39 is 17.3 Å². The molecule has 1 amide bonds. The van der Waals surface area contributed by atoms with Gasteiger partial charge in [0.1, 0.15) is 6.04 Å². The second kappa shape index (κ2) is 4.00. The van der Waals surface area contributed by atoms with Crippen molar-refractivity contribution in [3.63, 3.8) is 0 Å². The van der Waals surface area contributed by atoms with Gasteiger partial charge >= 0.3 is 5.97 Å². The Hall–Kier alpha value is -0.710. The van der Waals surface area contributed by atoms with Gasteiger partial charge in [-0.3, -0.25) is 4.79 Å². The summed E-state index contributed by atoms with van der Waals surface area (Å²) < 4.78 is 0. The highest BCUT2D eigenvalue weighted by molar-refractivity contribution is 7.81. The molecule has 0 bridgehead atoms. The van der Waals surface area contributed by atoms with Crippen molar-refractivity contribution in [3.05, 3.63) is 0 Å². The number of thiol groups is 1. The van der Waals surface area contributed by atoms with Gasteiger partial charge in [-0.2, -0.15) is 12.6 Å². The molecule has 13 heavy (non-hydrogen) atoms. The average molecular weight is 203 g/mol. The molecule has 0 aromatic carbocycles. The molecule has 0 radical (unpaired) electrons. The maximum Gasteiger partial charge on any atom is 0.326 e. The second-order valence-electron chi connectivity index (χ2n) is 3.20. The smallest absolute Gasteiger partial charge is 0.326 e. The first-order valence-corrected chi connectivity index (χ1v) is 4.77. The molecular weight excluding hydrogens is 190 g/mol. The van der Waals surface area contributed by atoms with Gasteiger partial charge in [0.2, 0.25) is 5.91 Å². The Kier molecular flexibility index (Phi) is 3.19. The minimum absolute atomic E-state index is 0.187. The maximum atomic E-state index is 11.4. The standard InChI is InChI=1S/C8H13NO3S/c1-5(13)7(10)9-4-2-3-6(9)8(11)12/h5-6,13H,2-4H2,1H3,(H,11,12)/t5-,6-/m0/s1. The van der Waals surface area contributed by atoms with Crippen LogP contribution in [0.4, 0.5) is 0 Å². The Morgan fingerprint density at radius 2 is 2.23 bits per heavy atom. The van der Waals surface area contributed by atoms with E-state index >= 15 is 0 Å². The van der Waals surface area contributed by atoms with E-state index in [4.69, 9.17) is 5.11 Å². The molecule has 0 aromatic rings. The van der Waals surface area contributed by atoms with Gasteiger partial charge in [-0.25, -0.2) is 4.79 Å². The van der Waals surface area contributed by atoms with Gasteiger partial charge in [0, 0.05) is 6.54 Å². The summed E-state index contributed by atoms with van der Waals surface area (Å²) in [6, 6.07) is -0.637. The van der Waals surface area contributed by atoms with Crippen molar-refractivity contribution in [2.45, 2.75) is 31.1 Å². The van der Waals surface area contributed by atoms with Crippen LogP contribution in [0.3, 0.4) is 0 Å². The lowest BCUT2D eigenvalue weighted by Gasteiger charge is -2.22. The zero-order valence-electron chi connectivity index (χ0n) is 7.43. The summed E-state index contributed by atoms with van der Waals surface area (Å²) in [5, 5.41) is 8.38. The first kappa shape index (κ1) is 10.4. The molecule has 1 aliphatic heterocycles. The highest BCUT2D eigenvalue weighted by atomic mass is 32.1. The molecule has 1 aliphatic rings. The summed E-state index contributed by atoms with van der Waals surface area (Å²) in [5.74, 6) is -1.10. The second-order valence-corrected chi connectivity index (χ2v) is 3.98. The topological polar surface area (TPSA) is 57.6 Å². The Morgan fingerprint density at radius 3 is 2.69 bits per heavy atom. The van der Waals surface area contributed by atoms with Crippen molar-refractivity contribution in [1.29, 1.82) is 0 Å². The number of likely N-dealkylation sites (tertiary alicyclic amines) is 1. The Labute approximate surface area is 82.3 Å². The number of carboxylic acids is 1. The van der Waals surface area contributed by atoms with Crippen molar-refractivity contribution in [2.24, 2.45) is 0 Å². The maximum absolute atomic E-state index is 11.4. The molecule has 74 valence electrons. The third kappa shape index (κ3) is 2.15. The minimum atomic E-state index is -0.917. The first-order chi connectivity index (χ1) is 6.04. The van der Waals surface area contributed by atoms with Crippen molar-refractivity contribution in [3.8, 4) is 0 Å². The summed E-state index contributed by atoms with van der Waals surface area (Å²) in [6.07, 6.45) is 1.32. The van der Waals surface area contributed by atoms with Crippen molar-refractivity contribution in [1.82, 2.24) is 4.90 Å². The van der Waals surface area contributed by atoms with E-state index in [9.17, 15) is 9.59 Å². The molecule has 0 saturated carbocycles. The first-order valence-electron chi connectivity index (χ1n) is 4.25. The predicted molar refractivity (Wildman–Crippen MR) is 50.8 cm³/mol. The van der Waals surface area contributed by atoms with Gasteiger partial charge in [-0.15, -0.1) is 0 Å². The van der Waals surface area contributed by atoms with E-state index in [1.807, 2.05) is 0 Å². The number of rotatable bonds is 2. The zero-order valence-corrected chi connectivity index (χ0v) is 8.33. The highest BCUT2D eigenvalue weighted by Crippen LogP contribution is 2.19. The molecular formula is C8H13NO3S. The zero-order chi connectivity index (χ0) is 10.0. The van der Waals surface area contributed by atoms with Crippen LogP contribution in [0.5, 0.6) is 0 Å². The van der Waals surface area contributed by atoms with E-state index in [1.54, 1.807) is 6.92 Å². The molecule has 1 rings (SSSR count). The van der Waals surface area contributed by atoms with Crippen LogP contribution >= 0.6 is 12.6 Å². The van der Waals surface area contributed by atoms with Gasteiger partial charge in [-0.05, 0) is 19.8 Å². The van der Waals surface area contributed by atoms with Gasteiger partial charge in [-0.1, -0.05) is 0 Å². The number of carbonyl (C=O) groups is 2. The Balaban J connectivity index is 2.68. The van der Waals surface area contributed by atoms with Gasteiger partial charge in [0.25, 0.3) is 0 Å². The molecule has 0 unspecified atom stereocenters. The molecule has 1 heterocycles. The fourth-order valence-electron chi connectivity index (χ4n) is 1.53. The Bertz CT molecular complexity index is 229. The van der Waals surface area contributed by atoms with Gasteiger partial charge < -0.3 is 10.0 Å². The monoisotopic (exact) mass is 203 g/mol. The number of carboxylic acid groups (broad SMARTS) is 1. The van der Waals surface area contributed by atoms with Crippen molar-refractivity contribution in [2.75, 3.05) is 6.54 Å². The summed E-state index contributed by atoms with van der Waals surface area (Å²) in [6.45, 7) is 2.20. The van der Waals surface area contributed by atoms with Crippen LogP contribution in [-0.4, -0.2) is 39.7 Å². The van der Waals surface area contributed by atoms with Crippen LogP contribution in [0.25, 0.3) is 0 Å². The number of carbonyl (C=O) groups excluding carboxylic acids is 1. The number of hydrogen-bond donors (Lipinski definition) is 2. The third-order valence-electron chi connectivity index (χ3n) is 2.18. The van der Waals surface area contributed by atoms with Gasteiger partial charge in [0.15, 0.2) is 0 Å². The average Bonchev–Trinajstić information content (AvgIpc) is 2.50. The van der Waals surface area contributed by atoms with E-state index in [-0.39, 0.29) is 5.91 Å². The number of hydrogen-bond acceptors (Lipinski definition) is 3. The Morgan fingerprint density at radius 1 is 1.62 bits per heavy atom. The van der Waals surface area contributed by atoms with Crippen molar-refractivity contribution >= 4 is 24.5 Å². The van der Waals surface area contributed by atoms with Crippen LogP contribution in [0.15, 0.2) is 0 Å². The molecule has 2 atom stereocenters. The summed E-state index contributed by atoms with van der Waals surface area (Å²) in [5.41, 5.74) is 0. The number of aliphatic carboxylic acids is 1. The van der Waals surface area contributed by atoms with Gasteiger partial charge in [0.05, 0.1) is 5.25 Å². The fraction of sp³-hybridized carbons (Fsp3) is 0.750. The molecule has 1 saturated heterocycles. The van der Waals surface area contributed by atoms with E-state index in [0.29, 0.717) is 13.0 Å². The minimum Gasteiger partial charge on any atom is -0.480 e. The molecule has 4 nitrogen and oxygen atoms in total. The van der Waals surface area contributed by atoms with Crippen LogP contribution in [0.1, 0.15) is 19.8 Å². The number of amides is 1. The largest absolute Gasteiger partial charge is 0.480 e. The summed E-state index contributed by atoms with van der Waals surface area (Å²) in [4.78, 5) is 23.6. The quantitative estimate of drug-likeness (QED) is 0.638. The molecule has 0 aliphatic carbocycles. The predicted octanol–water partition coefficient (Wildman–Crippen LogP) is 0.380. The molecule has 1 N–H and O–H groups in total. The summed E-state index contributed by atoms with van der Waals surface area (Å²) >= 11 is 3.99. The number of nitrogens with zero attached hydrogens (tertiary/aromatic N) is 1. The van der Waals surface area contributed by atoms with Crippen LogP contribution in [0, 0.1) is 0 Å². The lowest BCUT2D eigenvalue weighted by Crippen LogP contribution is -2.43. The van der Waals surface area contributed by atoms with E-state index in [0.717, 1.165) is 6.42 Å². The third-order valence-corrected chi connectivity index (χ3v) is 2.40. The van der Waals surface area contributed by atoms with E-state index in [2.05, 4.69) is 12.6 Å². The van der Waals surface area contributed by atoms with Crippen LogP contribution in [-0.2, 0) is 9.59 Å². The lowest BCUT2D eigenvalue weighted by atomic mass is 10.2. The fourth-order valence-corrected chi connectivity index (χ4v) is 1.68. The molecule has 0 aromatic heterocycles. The molecule has 5 heteroatoms. The van der Waals surface area contributed by atoms with Crippen LogP contribution in [0.2, 0.25) is 0 Å².